The van der Waals surface area contributed by atoms with Gasteiger partial charge in [0.2, 0.25) is 5.91 Å². The summed E-state index contributed by atoms with van der Waals surface area (Å²) in [7, 11) is 0. The zero-order valence-electron chi connectivity index (χ0n) is 20.9. The first-order valence-electron chi connectivity index (χ1n) is 12.9. The summed E-state index contributed by atoms with van der Waals surface area (Å²) >= 11 is 1.80. The van der Waals surface area contributed by atoms with Crippen molar-refractivity contribution < 1.29 is 4.79 Å². The number of anilines is 1. The van der Waals surface area contributed by atoms with Crippen LogP contribution in [0.2, 0.25) is 0 Å². The zero-order valence-corrected chi connectivity index (χ0v) is 21.7. The van der Waals surface area contributed by atoms with Crippen molar-refractivity contribution in [2.45, 2.75) is 32.6 Å². The maximum atomic E-state index is 12.6. The van der Waals surface area contributed by atoms with Gasteiger partial charge in [0.15, 0.2) is 5.65 Å². The number of pyridine rings is 2. The Morgan fingerprint density at radius 1 is 1.00 bits per heavy atom. The van der Waals surface area contributed by atoms with Gasteiger partial charge in [0.05, 0.1) is 17.6 Å². The smallest absolute Gasteiger partial charge is 0.227 e. The van der Waals surface area contributed by atoms with Crippen LogP contribution in [0.4, 0.5) is 5.69 Å². The summed E-state index contributed by atoms with van der Waals surface area (Å²) in [5.74, 6) is 0.189. The van der Waals surface area contributed by atoms with Crippen LogP contribution in [0.5, 0.6) is 0 Å². The average Bonchev–Trinajstić information content (AvgIpc) is 3.74. The summed E-state index contributed by atoms with van der Waals surface area (Å²) in [5, 5.41) is 12.8. The summed E-state index contributed by atoms with van der Waals surface area (Å²) in [6.07, 6.45) is 9.48. The SMILES string of the molecule is Cc1ccc(-c2cccc3[nH]c(-c4n[nH]c5ncc(-c6cncc(NC(=O)C7CCCC7)c6)cc45)cc23)s1. The van der Waals surface area contributed by atoms with E-state index < -0.39 is 0 Å². The highest BCUT2D eigenvalue weighted by atomic mass is 32.1. The number of aromatic nitrogens is 5. The fourth-order valence-corrected chi connectivity index (χ4v) is 6.35. The van der Waals surface area contributed by atoms with Crippen molar-refractivity contribution in [3.05, 3.63) is 72.0 Å². The Bertz CT molecular complexity index is 1810. The standard InChI is InChI=1S/C30H26N6OS/c1-17-9-10-27(38-17)22-7-4-8-25-23(22)13-26(34-25)28-24-12-20(15-32-29(24)36-35-28)19-11-21(16-31-14-19)33-30(37)18-5-2-3-6-18/h4,7-16,18,34H,2-3,5-6H2,1H3,(H,33,37)(H,32,35,36). The molecule has 1 aliphatic rings. The molecule has 1 aromatic carbocycles. The van der Waals surface area contributed by atoms with Gasteiger partial charge in [-0.3, -0.25) is 14.9 Å². The minimum absolute atomic E-state index is 0.0861. The van der Waals surface area contributed by atoms with Crippen molar-refractivity contribution in [3.8, 4) is 33.0 Å². The van der Waals surface area contributed by atoms with E-state index in [1.165, 1.54) is 20.7 Å². The summed E-state index contributed by atoms with van der Waals surface area (Å²) in [6.45, 7) is 2.13. The number of rotatable bonds is 5. The van der Waals surface area contributed by atoms with E-state index in [1.54, 1.807) is 23.7 Å². The molecule has 38 heavy (non-hydrogen) atoms. The van der Waals surface area contributed by atoms with Gasteiger partial charge in [-0.15, -0.1) is 11.3 Å². The molecule has 0 aliphatic heterocycles. The van der Waals surface area contributed by atoms with Crippen molar-refractivity contribution >= 4 is 44.9 Å². The highest BCUT2D eigenvalue weighted by Gasteiger charge is 2.23. The fraction of sp³-hybridized carbons (Fsp3) is 0.200. The van der Waals surface area contributed by atoms with Gasteiger partial charge in [-0.05, 0) is 56.2 Å². The molecule has 0 unspecified atom stereocenters. The number of carbonyl (C=O) groups excluding carboxylic acids is 1. The van der Waals surface area contributed by atoms with Crippen molar-refractivity contribution in [1.82, 2.24) is 25.1 Å². The van der Waals surface area contributed by atoms with Gasteiger partial charge in [0.25, 0.3) is 0 Å². The van der Waals surface area contributed by atoms with Gasteiger partial charge in [-0.2, -0.15) is 5.10 Å². The summed E-state index contributed by atoms with van der Waals surface area (Å²) in [6, 6.07) is 16.9. The number of H-pyrrole nitrogens is 2. The molecular formula is C30H26N6OS. The molecule has 1 aliphatic carbocycles. The first-order valence-corrected chi connectivity index (χ1v) is 13.7. The molecule has 0 saturated heterocycles. The monoisotopic (exact) mass is 518 g/mol. The number of fused-ring (bicyclic) bond motifs is 2. The van der Waals surface area contributed by atoms with Gasteiger partial charge in [0, 0.05) is 61.0 Å². The van der Waals surface area contributed by atoms with E-state index >= 15 is 0 Å². The van der Waals surface area contributed by atoms with Gasteiger partial charge < -0.3 is 10.3 Å². The van der Waals surface area contributed by atoms with Crippen LogP contribution in [0.15, 0.2) is 67.1 Å². The Kier molecular flexibility index (Phi) is 5.55. The molecule has 8 heteroatoms. The summed E-state index contributed by atoms with van der Waals surface area (Å²) < 4.78 is 0. The molecule has 6 aromatic rings. The molecule has 1 amide bonds. The first-order chi connectivity index (χ1) is 18.6. The molecule has 0 bridgehead atoms. The molecule has 7 nitrogen and oxygen atoms in total. The molecule has 0 spiro atoms. The fourth-order valence-electron chi connectivity index (χ4n) is 5.44. The third-order valence-corrected chi connectivity index (χ3v) is 8.44. The van der Waals surface area contributed by atoms with E-state index in [1.807, 2.05) is 12.3 Å². The number of amides is 1. The molecule has 5 aromatic heterocycles. The number of hydrogen-bond donors (Lipinski definition) is 3. The largest absolute Gasteiger partial charge is 0.353 e. The van der Waals surface area contributed by atoms with Gasteiger partial charge >= 0.3 is 0 Å². The second-order valence-electron chi connectivity index (χ2n) is 9.99. The van der Waals surface area contributed by atoms with E-state index in [2.05, 4.69) is 79.9 Å². The highest BCUT2D eigenvalue weighted by molar-refractivity contribution is 7.15. The van der Waals surface area contributed by atoms with Crippen molar-refractivity contribution in [3.63, 3.8) is 0 Å². The second-order valence-corrected chi connectivity index (χ2v) is 11.3. The second kappa shape index (κ2) is 9.22. The summed E-state index contributed by atoms with van der Waals surface area (Å²) in [4.78, 5) is 27.8. The predicted octanol–water partition coefficient (Wildman–Crippen LogP) is 7.33. The third-order valence-electron chi connectivity index (χ3n) is 7.41. The van der Waals surface area contributed by atoms with Crippen LogP contribution in [-0.4, -0.2) is 31.1 Å². The Labute approximate surface area is 223 Å². The van der Waals surface area contributed by atoms with Gasteiger partial charge in [0.1, 0.15) is 5.69 Å². The topological polar surface area (TPSA) is 99.3 Å². The lowest BCUT2D eigenvalue weighted by Crippen LogP contribution is -2.20. The lowest BCUT2D eigenvalue weighted by molar-refractivity contribution is -0.119. The molecule has 1 saturated carbocycles. The Hall–Kier alpha value is -4.30. The molecule has 3 N–H and O–H groups in total. The number of hydrogen-bond acceptors (Lipinski definition) is 5. The first kappa shape index (κ1) is 22.9. The normalized spacial score (nSPS) is 14.0. The molecule has 0 atom stereocenters. The minimum atomic E-state index is 0.0861. The van der Waals surface area contributed by atoms with Gasteiger partial charge in [-0.1, -0.05) is 25.0 Å². The van der Waals surface area contributed by atoms with E-state index in [0.717, 1.165) is 64.7 Å². The minimum Gasteiger partial charge on any atom is -0.353 e. The van der Waals surface area contributed by atoms with Crippen LogP contribution in [0.25, 0.3) is 54.9 Å². The number of nitrogens with one attached hydrogen (secondary N) is 3. The number of aryl methyl sites for hydroxylation is 1. The van der Waals surface area contributed by atoms with Crippen LogP contribution in [0.1, 0.15) is 30.6 Å². The Morgan fingerprint density at radius 3 is 2.71 bits per heavy atom. The summed E-state index contributed by atoms with van der Waals surface area (Å²) in [5.41, 5.74) is 7.26. The highest BCUT2D eigenvalue weighted by Crippen LogP contribution is 2.37. The molecule has 0 radical (unpaired) electrons. The van der Waals surface area contributed by atoms with E-state index in [0.29, 0.717) is 5.69 Å². The van der Waals surface area contributed by atoms with Crippen LogP contribution >= 0.6 is 11.3 Å². The number of carbonyl (C=O) groups is 1. The van der Waals surface area contributed by atoms with Crippen molar-refractivity contribution in [2.75, 3.05) is 5.32 Å². The van der Waals surface area contributed by atoms with Crippen LogP contribution in [0.3, 0.4) is 0 Å². The maximum Gasteiger partial charge on any atom is 0.227 e. The lowest BCUT2D eigenvalue weighted by atomic mass is 10.1. The van der Waals surface area contributed by atoms with E-state index in [4.69, 9.17) is 0 Å². The number of thiophene rings is 1. The Balaban J connectivity index is 1.24. The van der Waals surface area contributed by atoms with E-state index in [9.17, 15) is 4.79 Å². The molecule has 1 fully saturated rings. The quantitative estimate of drug-likeness (QED) is 0.222. The predicted molar refractivity (Wildman–Crippen MR) is 153 cm³/mol. The Morgan fingerprint density at radius 2 is 1.87 bits per heavy atom. The maximum absolute atomic E-state index is 12.6. The van der Waals surface area contributed by atoms with Crippen molar-refractivity contribution in [1.29, 1.82) is 0 Å². The number of benzene rings is 1. The van der Waals surface area contributed by atoms with Crippen LogP contribution < -0.4 is 5.32 Å². The lowest BCUT2D eigenvalue weighted by Gasteiger charge is -2.11. The average molecular weight is 519 g/mol. The molecular weight excluding hydrogens is 492 g/mol. The number of aromatic amines is 2. The molecule has 188 valence electrons. The van der Waals surface area contributed by atoms with Crippen molar-refractivity contribution in [2.24, 2.45) is 5.92 Å². The third kappa shape index (κ3) is 4.07. The number of nitrogens with zero attached hydrogens (tertiary/aromatic N) is 3. The van der Waals surface area contributed by atoms with Crippen LogP contribution in [-0.2, 0) is 4.79 Å². The van der Waals surface area contributed by atoms with Gasteiger partial charge in [-0.25, -0.2) is 4.98 Å². The zero-order chi connectivity index (χ0) is 25.6. The van der Waals surface area contributed by atoms with Crippen LogP contribution in [0, 0.1) is 12.8 Å². The molecule has 7 rings (SSSR count). The molecule has 5 heterocycles. The van der Waals surface area contributed by atoms with E-state index in [-0.39, 0.29) is 11.8 Å².